The number of benzene rings is 2. The molecule has 0 radical (unpaired) electrons. The molecule has 2 nitrogen and oxygen atoms in total. The summed E-state index contributed by atoms with van der Waals surface area (Å²) in [5, 5.41) is 0. The smallest absolute Gasteiger partial charge is 0.168 e. The summed E-state index contributed by atoms with van der Waals surface area (Å²) in [4.78, 5) is 0. The first-order valence-electron chi connectivity index (χ1n) is 6.62. The van der Waals surface area contributed by atoms with Crippen LogP contribution < -0.4 is 9.47 Å². The predicted octanol–water partition coefficient (Wildman–Crippen LogP) is 4.18. The first kappa shape index (κ1) is 12.5. The Morgan fingerprint density at radius 3 is 2.65 bits per heavy atom. The Hall–Kier alpha value is -2.48. The maximum absolute atomic E-state index is 5.78. The van der Waals surface area contributed by atoms with Crippen molar-refractivity contribution in [2.45, 2.75) is 0 Å². The van der Waals surface area contributed by atoms with Gasteiger partial charge in [0, 0.05) is 5.56 Å². The van der Waals surface area contributed by atoms with Gasteiger partial charge in [-0.2, -0.15) is 0 Å². The summed E-state index contributed by atoms with van der Waals surface area (Å²) in [6.45, 7) is 0.539. The van der Waals surface area contributed by atoms with Gasteiger partial charge in [0.2, 0.25) is 0 Å². The van der Waals surface area contributed by atoms with Crippen molar-refractivity contribution in [3.8, 4) is 11.5 Å². The van der Waals surface area contributed by atoms with Gasteiger partial charge in [-0.05, 0) is 29.4 Å². The molecule has 100 valence electrons. The maximum Gasteiger partial charge on any atom is 0.168 e. The third-order valence-corrected chi connectivity index (χ3v) is 3.27. The molecule has 0 spiro atoms. The van der Waals surface area contributed by atoms with Crippen LogP contribution in [0.3, 0.4) is 0 Å². The molecule has 2 aromatic carbocycles. The zero-order chi connectivity index (χ0) is 13.8. The summed E-state index contributed by atoms with van der Waals surface area (Å²) in [7, 11) is 1.66. The normalized spacial score (nSPS) is 17.8. The van der Waals surface area contributed by atoms with Crippen molar-refractivity contribution in [1.29, 1.82) is 0 Å². The molecule has 2 heteroatoms. The fraction of sp³-hybridized carbons (Fsp3) is 0.111. The Labute approximate surface area is 119 Å². The molecule has 0 atom stereocenters. The number of hydrogen-bond acceptors (Lipinski definition) is 2. The van der Waals surface area contributed by atoms with Crippen LogP contribution in [-0.2, 0) is 0 Å². The molecule has 0 saturated carbocycles. The third-order valence-electron chi connectivity index (χ3n) is 3.27. The quantitative estimate of drug-likeness (QED) is 0.810. The number of methoxy groups -OCH3 is 1. The van der Waals surface area contributed by atoms with Crippen molar-refractivity contribution in [3.05, 3.63) is 71.8 Å². The van der Waals surface area contributed by atoms with Gasteiger partial charge in [0.25, 0.3) is 0 Å². The summed E-state index contributed by atoms with van der Waals surface area (Å²) < 4.78 is 11.1. The fourth-order valence-electron chi connectivity index (χ4n) is 2.29. The zero-order valence-corrected chi connectivity index (χ0v) is 11.4. The SMILES string of the molecule is COc1cccc2c1OC/C=C\C(c1ccccc1)=C/2. The molecule has 1 heterocycles. The van der Waals surface area contributed by atoms with Crippen molar-refractivity contribution in [2.75, 3.05) is 13.7 Å². The standard InChI is InChI=1S/C18H16O2/c1-19-17-11-5-9-16-13-15(10-6-12-20-18(16)17)14-7-3-2-4-8-14/h2-11,13H,12H2,1H3/b10-6-,15-13+. The molecule has 0 aromatic heterocycles. The Balaban J connectivity index is 2.12. The van der Waals surface area contributed by atoms with E-state index in [2.05, 4.69) is 24.3 Å². The molecule has 1 aliphatic heterocycles. The minimum atomic E-state index is 0.539. The minimum absolute atomic E-state index is 0.539. The van der Waals surface area contributed by atoms with E-state index >= 15 is 0 Å². The molecule has 2 aromatic rings. The highest BCUT2D eigenvalue weighted by Crippen LogP contribution is 2.35. The van der Waals surface area contributed by atoms with Gasteiger partial charge in [0.1, 0.15) is 6.61 Å². The topological polar surface area (TPSA) is 18.5 Å². The molecular formula is C18H16O2. The van der Waals surface area contributed by atoms with Crippen molar-refractivity contribution in [1.82, 2.24) is 0 Å². The van der Waals surface area contributed by atoms with Gasteiger partial charge in [-0.25, -0.2) is 0 Å². The average Bonchev–Trinajstić information content (AvgIpc) is 2.48. The first-order valence-corrected chi connectivity index (χ1v) is 6.62. The largest absolute Gasteiger partial charge is 0.493 e. The van der Waals surface area contributed by atoms with Gasteiger partial charge in [-0.3, -0.25) is 0 Å². The van der Waals surface area contributed by atoms with E-state index in [4.69, 9.17) is 9.47 Å². The highest BCUT2D eigenvalue weighted by molar-refractivity contribution is 5.89. The second-order valence-electron chi connectivity index (χ2n) is 4.56. The predicted molar refractivity (Wildman–Crippen MR) is 81.9 cm³/mol. The summed E-state index contributed by atoms with van der Waals surface area (Å²) in [5.74, 6) is 1.56. The first-order chi connectivity index (χ1) is 9.88. The molecule has 0 amide bonds. The van der Waals surface area contributed by atoms with Crippen molar-refractivity contribution >= 4 is 11.6 Å². The van der Waals surface area contributed by atoms with Crippen LogP contribution in [-0.4, -0.2) is 13.7 Å². The minimum Gasteiger partial charge on any atom is -0.493 e. The van der Waals surface area contributed by atoms with E-state index in [1.54, 1.807) is 7.11 Å². The molecular weight excluding hydrogens is 248 g/mol. The van der Waals surface area contributed by atoms with Crippen LogP contribution in [0.15, 0.2) is 60.7 Å². The van der Waals surface area contributed by atoms with E-state index in [1.807, 2.05) is 42.5 Å². The fourth-order valence-corrected chi connectivity index (χ4v) is 2.29. The van der Waals surface area contributed by atoms with Gasteiger partial charge in [-0.1, -0.05) is 48.5 Å². The monoisotopic (exact) mass is 264 g/mol. The molecule has 1 aliphatic rings. The number of ether oxygens (including phenoxy) is 2. The highest BCUT2D eigenvalue weighted by atomic mass is 16.5. The van der Waals surface area contributed by atoms with E-state index in [-0.39, 0.29) is 0 Å². The molecule has 0 fully saturated rings. The maximum atomic E-state index is 5.78. The second kappa shape index (κ2) is 5.66. The lowest BCUT2D eigenvalue weighted by Crippen LogP contribution is -2.00. The van der Waals surface area contributed by atoms with Crippen molar-refractivity contribution in [3.63, 3.8) is 0 Å². The lowest BCUT2D eigenvalue weighted by Gasteiger charge is -2.15. The molecule has 0 aliphatic carbocycles. The van der Waals surface area contributed by atoms with Gasteiger partial charge >= 0.3 is 0 Å². The zero-order valence-electron chi connectivity index (χ0n) is 11.4. The van der Waals surface area contributed by atoms with Crippen LogP contribution in [0, 0.1) is 0 Å². The second-order valence-corrected chi connectivity index (χ2v) is 4.56. The molecule has 0 N–H and O–H groups in total. The van der Waals surface area contributed by atoms with Crippen molar-refractivity contribution < 1.29 is 9.47 Å². The Kier molecular flexibility index (Phi) is 3.55. The van der Waals surface area contributed by atoms with Crippen LogP contribution in [0.4, 0.5) is 0 Å². The van der Waals surface area contributed by atoms with Gasteiger partial charge in [0.05, 0.1) is 7.11 Å². The lowest BCUT2D eigenvalue weighted by molar-refractivity contribution is 0.325. The third kappa shape index (κ3) is 2.45. The van der Waals surface area contributed by atoms with Crippen LogP contribution in [0.2, 0.25) is 0 Å². The Morgan fingerprint density at radius 2 is 1.85 bits per heavy atom. The van der Waals surface area contributed by atoms with E-state index in [0.29, 0.717) is 6.61 Å². The highest BCUT2D eigenvalue weighted by Gasteiger charge is 2.11. The lowest BCUT2D eigenvalue weighted by atomic mass is 10.0. The Bertz CT molecular complexity index is 654. The van der Waals surface area contributed by atoms with Crippen LogP contribution in [0.25, 0.3) is 11.6 Å². The number of fused-ring (bicyclic) bond motifs is 1. The van der Waals surface area contributed by atoms with Crippen LogP contribution >= 0.6 is 0 Å². The molecule has 3 rings (SSSR count). The van der Waals surface area contributed by atoms with E-state index in [1.165, 1.54) is 11.1 Å². The van der Waals surface area contributed by atoms with Gasteiger partial charge < -0.3 is 9.47 Å². The molecule has 0 unspecified atom stereocenters. The van der Waals surface area contributed by atoms with Crippen LogP contribution in [0.5, 0.6) is 11.5 Å². The molecule has 0 saturated heterocycles. The number of hydrogen-bond donors (Lipinski definition) is 0. The van der Waals surface area contributed by atoms with Crippen LogP contribution in [0.1, 0.15) is 11.1 Å². The number of para-hydroxylation sites is 1. The summed E-state index contributed by atoms with van der Waals surface area (Å²) >= 11 is 0. The number of allylic oxidation sites excluding steroid dienone is 2. The van der Waals surface area contributed by atoms with E-state index < -0.39 is 0 Å². The van der Waals surface area contributed by atoms with Gasteiger partial charge in [-0.15, -0.1) is 0 Å². The Morgan fingerprint density at radius 1 is 1.00 bits per heavy atom. The summed E-state index contributed by atoms with van der Waals surface area (Å²) in [6, 6.07) is 16.3. The van der Waals surface area contributed by atoms with E-state index in [0.717, 1.165) is 17.1 Å². The molecule has 0 bridgehead atoms. The average molecular weight is 264 g/mol. The molecule has 20 heavy (non-hydrogen) atoms. The van der Waals surface area contributed by atoms with E-state index in [9.17, 15) is 0 Å². The summed E-state index contributed by atoms with van der Waals surface area (Å²) in [6.07, 6.45) is 6.24. The number of rotatable bonds is 2. The van der Waals surface area contributed by atoms with Gasteiger partial charge in [0.15, 0.2) is 11.5 Å². The summed E-state index contributed by atoms with van der Waals surface area (Å²) in [5.41, 5.74) is 3.40. The van der Waals surface area contributed by atoms with Crippen molar-refractivity contribution in [2.24, 2.45) is 0 Å².